The van der Waals surface area contributed by atoms with Crippen LogP contribution >= 0.6 is 0 Å². The minimum Gasteiger partial charge on any atom is -0.312 e. The molecule has 1 heterocycles. The fourth-order valence-electron chi connectivity index (χ4n) is 1.62. The Morgan fingerprint density at radius 3 is 2.47 bits per heavy atom. The number of hydrogen-bond acceptors (Lipinski definition) is 4. The first-order valence-corrected chi connectivity index (χ1v) is 6.93. The molecule has 0 amide bonds. The number of benzene rings is 1. The van der Waals surface area contributed by atoms with Crippen LogP contribution in [-0.2, 0) is 10.0 Å². The molecular formula is C12H13N3O3S. The molecule has 7 heteroatoms. The fourth-order valence-corrected chi connectivity index (χ4v) is 2.72. The van der Waals surface area contributed by atoms with E-state index >= 15 is 0 Å². The second-order valence-corrected chi connectivity index (χ2v) is 6.21. The van der Waals surface area contributed by atoms with Gasteiger partial charge in [0.15, 0.2) is 0 Å². The van der Waals surface area contributed by atoms with Crippen molar-refractivity contribution in [2.45, 2.75) is 4.90 Å². The Labute approximate surface area is 110 Å². The van der Waals surface area contributed by atoms with Gasteiger partial charge in [-0.25, -0.2) is 22.5 Å². The number of nitrogens with zero attached hydrogens (tertiary/aromatic N) is 2. The van der Waals surface area contributed by atoms with Gasteiger partial charge in [0.25, 0.3) is 0 Å². The molecule has 19 heavy (non-hydrogen) atoms. The van der Waals surface area contributed by atoms with Gasteiger partial charge in [-0.3, -0.25) is 0 Å². The summed E-state index contributed by atoms with van der Waals surface area (Å²) in [6.07, 6.45) is 2.79. The monoisotopic (exact) mass is 279 g/mol. The van der Waals surface area contributed by atoms with Crippen LogP contribution in [-0.4, -0.2) is 36.8 Å². The third-order valence-corrected chi connectivity index (χ3v) is 4.50. The van der Waals surface area contributed by atoms with Crippen LogP contribution in [0.5, 0.6) is 0 Å². The van der Waals surface area contributed by atoms with Crippen LogP contribution in [0.3, 0.4) is 0 Å². The highest BCUT2D eigenvalue weighted by molar-refractivity contribution is 7.89. The van der Waals surface area contributed by atoms with Crippen LogP contribution in [0.1, 0.15) is 0 Å². The third kappa shape index (κ3) is 2.56. The van der Waals surface area contributed by atoms with Crippen molar-refractivity contribution in [3.05, 3.63) is 47.1 Å². The van der Waals surface area contributed by atoms with Crippen LogP contribution in [0.25, 0.3) is 11.1 Å². The zero-order valence-corrected chi connectivity index (χ0v) is 11.3. The lowest BCUT2D eigenvalue weighted by molar-refractivity contribution is 0.521. The largest absolute Gasteiger partial charge is 0.344 e. The molecule has 100 valence electrons. The van der Waals surface area contributed by atoms with Gasteiger partial charge in [0, 0.05) is 37.6 Å². The third-order valence-electron chi connectivity index (χ3n) is 2.63. The fraction of sp³-hybridized carbons (Fsp3) is 0.167. The lowest BCUT2D eigenvalue weighted by Crippen LogP contribution is -2.22. The molecule has 0 radical (unpaired) electrons. The summed E-state index contributed by atoms with van der Waals surface area (Å²) in [5.41, 5.74) is 0.567. The molecule has 0 saturated carbocycles. The number of aromatic nitrogens is 2. The van der Waals surface area contributed by atoms with Crippen LogP contribution < -0.4 is 5.69 Å². The van der Waals surface area contributed by atoms with E-state index in [9.17, 15) is 13.2 Å². The van der Waals surface area contributed by atoms with Crippen LogP contribution in [0.4, 0.5) is 0 Å². The summed E-state index contributed by atoms with van der Waals surface area (Å²) in [5.74, 6) is 0. The molecule has 0 saturated heterocycles. The van der Waals surface area contributed by atoms with Crippen molar-refractivity contribution in [1.29, 1.82) is 0 Å². The zero-order chi connectivity index (χ0) is 14.0. The maximum absolute atomic E-state index is 12.2. The summed E-state index contributed by atoms with van der Waals surface area (Å²) in [5, 5.41) is 0. The van der Waals surface area contributed by atoms with Gasteiger partial charge in [-0.15, -0.1) is 0 Å². The number of rotatable bonds is 3. The van der Waals surface area contributed by atoms with E-state index in [1.54, 1.807) is 18.2 Å². The van der Waals surface area contributed by atoms with E-state index in [0.29, 0.717) is 11.1 Å². The van der Waals surface area contributed by atoms with E-state index < -0.39 is 15.7 Å². The Kier molecular flexibility index (Phi) is 3.50. The predicted octanol–water partition coefficient (Wildman–Crippen LogP) is 0.687. The van der Waals surface area contributed by atoms with Gasteiger partial charge in [-0.05, 0) is 6.07 Å². The SMILES string of the molecule is CN(C)S(=O)(=O)c1ccccc1-c1cnc(=O)[nH]c1. The molecule has 0 aliphatic carbocycles. The first kappa shape index (κ1) is 13.4. The van der Waals surface area contributed by atoms with Crippen molar-refractivity contribution in [2.75, 3.05) is 14.1 Å². The van der Waals surface area contributed by atoms with E-state index in [4.69, 9.17) is 0 Å². The number of H-pyrrole nitrogens is 1. The maximum Gasteiger partial charge on any atom is 0.344 e. The average molecular weight is 279 g/mol. The molecule has 0 unspecified atom stereocenters. The summed E-state index contributed by atoms with van der Waals surface area (Å²) >= 11 is 0. The Bertz CT molecular complexity index is 730. The molecule has 6 nitrogen and oxygen atoms in total. The van der Waals surface area contributed by atoms with Gasteiger partial charge in [-0.2, -0.15) is 0 Å². The zero-order valence-electron chi connectivity index (χ0n) is 10.5. The van der Waals surface area contributed by atoms with Gasteiger partial charge < -0.3 is 4.98 Å². The van der Waals surface area contributed by atoms with Gasteiger partial charge in [0.05, 0.1) is 4.90 Å². The number of aromatic amines is 1. The molecule has 0 atom stereocenters. The summed E-state index contributed by atoms with van der Waals surface area (Å²) < 4.78 is 25.6. The summed E-state index contributed by atoms with van der Waals surface area (Å²) in [6.45, 7) is 0. The van der Waals surface area contributed by atoms with Crippen molar-refractivity contribution in [2.24, 2.45) is 0 Å². The van der Waals surface area contributed by atoms with E-state index in [-0.39, 0.29) is 4.90 Å². The molecule has 2 aromatic rings. The smallest absolute Gasteiger partial charge is 0.312 e. The van der Waals surface area contributed by atoms with E-state index in [1.807, 2.05) is 0 Å². The molecule has 0 aliphatic heterocycles. The second-order valence-electron chi connectivity index (χ2n) is 4.09. The first-order valence-electron chi connectivity index (χ1n) is 5.49. The molecule has 0 aliphatic rings. The van der Waals surface area contributed by atoms with Gasteiger partial charge in [-0.1, -0.05) is 18.2 Å². The second kappa shape index (κ2) is 4.94. The average Bonchev–Trinajstić information content (AvgIpc) is 2.39. The lowest BCUT2D eigenvalue weighted by atomic mass is 10.1. The van der Waals surface area contributed by atoms with Gasteiger partial charge in [0.2, 0.25) is 10.0 Å². The molecule has 1 aromatic carbocycles. The predicted molar refractivity (Wildman–Crippen MR) is 71.2 cm³/mol. The highest BCUT2D eigenvalue weighted by Gasteiger charge is 2.21. The maximum atomic E-state index is 12.2. The molecule has 0 spiro atoms. The number of sulfonamides is 1. The lowest BCUT2D eigenvalue weighted by Gasteiger charge is -2.14. The van der Waals surface area contributed by atoms with Crippen molar-refractivity contribution >= 4 is 10.0 Å². The van der Waals surface area contributed by atoms with E-state index in [0.717, 1.165) is 4.31 Å². The first-order chi connectivity index (χ1) is 8.93. The molecular weight excluding hydrogens is 266 g/mol. The Morgan fingerprint density at radius 1 is 1.21 bits per heavy atom. The Hall–Kier alpha value is -1.99. The van der Waals surface area contributed by atoms with Crippen LogP contribution in [0, 0.1) is 0 Å². The van der Waals surface area contributed by atoms with Crippen molar-refractivity contribution in [3.8, 4) is 11.1 Å². The van der Waals surface area contributed by atoms with Crippen molar-refractivity contribution < 1.29 is 8.42 Å². The number of nitrogens with one attached hydrogen (secondary N) is 1. The minimum absolute atomic E-state index is 0.175. The highest BCUT2D eigenvalue weighted by atomic mass is 32.2. The quantitative estimate of drug-likeness (QED) is 0.896. The highest BCUT2D eigenvalue weighted by Crippen LogP contribution is 2.27. The van der Waals surface area contributed by atoms with Crippen LogP contribution in [0.2, 0.25) is 0 Å². The molecule has 1 N–H and O–H groups in total. The van der Waals surface area contributed by atoms with Crippen molar-refractivity contribution in [1.82, 2.24) is 14.3 Å². The topological polar surface area (TPSA) is 83.1 Å². The van der Waals surface area contributed by atoms with Gasteiger partial charge in [0.1, 0.15) is 0 Å². The normalized spacial score (nSPS) is 11.7. The minimum atomic E-state index is -3.55. The number of hydrogen-bond donors (Lipinski definition) is 1. The van der Waals surface area contributed by atoms with Crippen LogP contribution in [0.15, 0.2) is 46.3 Å². The summed E-state index contributed by atoms with van der Waals surface area (Å²) in [4.78, 5) is 17.2. The summed E-state index contributed by atoms with van der Waals surface area (Å²) in [6, 6.07) is 6.58. The van der Waals surface area contributed by atoms with E-state index in [1.165, 1.54) is 32.6 Å². The molecule has 0 bridgehead atoms. The van der Waals surface area contributed by atoms with E-state index in [2.05, 4.69) is 9.97 Å². The van der Waals surface area contributed by atoms with Crippen molar-refractivity contribution in [3.63, 3.8) is 0 Å². The summed E-state index contributed by atoms with van der Waals surface area (Å²) in [7, 11) is -0.613. The standard InChI is InChI=1S/C12H13N3O3S/c1-15(2)19(17,18)11-6-4-3-5-10(11)9-7-13-12(16)14-8-9/h3-8H,1-2H3,(H,13,14,16). The molecule has 1 aromatic heterocycles. The Morgan fingerprint density at radius 2 is 1.89 bits per heavy atom. The molecule has 0 fully saturated rings. The Balaban J connectivity index is 2.66. The van der Waals surface area contributed by atoms with Gasteiger partial charge >= 0.3 is 5.69 Å². The molecule has 2 rings (SSSR count).